The lowest BCUT2D eigenvalue weighted by Crippen LogP contribution is -2.43. The van der Waals surface area contributed by atoms with E-state index in [1.807, 2.05) is 6.07 Å². The lowest BCUT2D eigenvalue weighted by Gasteiger charge is -2.33. The zero-order chi connectivity index (χ0) is 17.1. The van der Waals surface area contributed by atoms with Crippen molar-refractivity contribution in [3.8, 4) is 0 Å². The van der Waals surface area contributed by atoms with Gasteiger partial charge in [-0.15, -0.1) is 0 Å². The lowest BCUT2D eigenvalue weighted by molar-refractivity contribution is 0.0989. The number of pyridine rings is 2. The molecule has 0 unspecified atom stereocenters. The van der Waals surface area contributed by atoms with Gasteiger partial charge in [-0.3, -0.25) is 9.78 Å². The van der Waals surface area contributed by atoms with E-state index in [-0.39, 0.29) is 29.6 Å². The Hall–Kier alpha value is -2.54. The summed E-state index contributed by atoms with van der Waals surface area (Å²) in [6.07, 6.45) is 6.51. The van der Waals surface area contributed by atoms with Gasteiger partial charge < -0.3 is 16.4 Å². The minimum atomic E-state index is -0.562. The van der Waals surface area contributed by atoms with E-state index in [0.29, 0.717) is 0 Å². The molecule has 1 aliphatic heterocycles. The Morgan fingerprint density at radius 2 is 2.25 bits per heavy atom. The smallest absolute Gasteiger partial charge is 0.187 e. The van der Waals surface area contributed by atoms with E-state index in [4.69, 9.17) is 11.5 Å². The number of hydrogen-bond donors (Lipinski definition) is 2. The molecule has 1 fully saturated rings. The highest BCUT2D eigenvalue weighted by molar-refractivity contribution is 6.00. The van der Waals surface area contributed by atoms with Crippen molar-refractivity contribution in [2.45, 2.75) is 25.3 Å². The zero-order valence-electron chi connectivity index (χ0n) is 13.3. The molecule has 0 saturated carbocycles. The maximum absolute atomic E-state index is 13.1. The zero-order valence-corrected chi connectivity index (χ0v) is 13.3. The van der Waals surface area contributed by atoms with Crippen LogP contribution in [0.2, 0.25) is 0 Å². The van der Waals surface area contributed by atoms with Crippen LogP contribution >= 0.6 is 0 Å². The number of anilines is 2. The molecular formula is C17H20FN5O. The minimum absolute atomic E-state index is 0.0467. The van der Waals surface area contributed by atoms with Crippen molar-refractivity contribution in [1.29, 1.82) is 0 Å². The predicted molar refractivity (Wildman–Crippen MR) is 90.3 cm³/mol. The molecule has 0 radical (unpaired) electrons. The molecular weight excluding hydrogens is 309 g/mol. The van der Waals surface area contributed by atoms with Crippen LogP contribution in [0.25, 0.3) is 0 Å². The Labute approximate surface area is 139 Å². The Balaban J connectivity index is 1.83. The summed E-state index contributed by atoms with van der Waals surface area (Å²) < 4.78 is 13.1. The first kappa shape index (κ1) is 16.3. The van der Waals surface area contributed by atoms with E-state index in [1.54, 1.807) is 12.4 Å². The maximum atomic E-state index is 13.1. The molecule has 0 aromatic carbocycles. The summed E-state index contributed by atoms with van der Waals surface area (Å²) in [6.45, 7) is 1.65. The van der Waals surface area contributed by atoms with Gasteiger partial charge in [0.1, 0.15) is 11.5 Å². The molecule has 2 aromatic heterocycles. The number of aromatic nitrogens is 2. The topological polar surface area (TPSA) is 98.1 Å². The number of Topliss-reactive ketones (excluding diaryl/α,β-unsaturated/α-hetero) is 1. The molecule has 6 nitrogen and oxygen atoms in total. The third-order valence-corrected chi connectivity index (χ3v) is 4.18. The number of nitrogens with zero attached hydrogens (tertiary/aromatic N) is 3. The molecule has 0 bridgehead atoms. The first-order chi connectivity index (χ1) is 11.5. The van der Waals surface area contributed by atoms with Crippen LogP contribution in [-0.2, 0) is 6.42 Å². The average molecular weight is 329 g/mol. The second-order valence-corrected chi connectivity index (χ2v) is 6.04. The molecule has 24 heavy (non-hydrogen) atoms. The van der Waals surface area contributed by atoms with Crippen LogP contribution in [0.5, 0.6) is 0 Å². The van der Waals surface area contributed by atoms with Crippen LogP contribution < -0.4 is 16.4 Å². The summed E-state index contributed by atoms with van der Waals surface area (Å²) in [6, 6.07) is 3.13. The third-order valence-electron chi connectivity index (χ3n) is 4.18. The third kappa shape index (κ3) is 3.51. The van der Waals surface area contributed by atoms with Gasteiger partial charge in [0.2, 0.25) is 0 Å². The number of hydrogen-bond acceptors (Lipinski definition) is 6. The molecule has 3 heterocycles. The standard InChI is InChI=1S/C17H20FN5O/c18-12-7-14(20)17(22-9-12)16(24)6-11-8-21-4-3-15(11)23-5-1-2-13(19)10-23/h3-4,7-9,13H,1-2,5-6,10,19-20H2/t13-/m0/s1. The van der Waals surface area contributed by atoms with E-state index in [1.165, 1.54) is 0 Å². The number of carbonyl (C=O) groups excluding carboxylic acids is 1. The maximum Gasteiger partial charge on any atom is 0.187 e. The van der Waals surface area contributed by atoms with Gasteiger partial charge in [0.15, 0.2) is 5.78 Å². The van der Waals surface area contributed by atoms with E-state index < -0.39 is 5.82 Å². The van der Waals surface area contributed by atoms with Crippen LogP contribution in [-0.4, -0.2) is 34.9 Å². The monoisotopic (exact) mass is 329 g/mol. The molecule has 3 rings (SSSR count). The molecule has 126 valence electrons. The quantitative estimate of drug-likeness (QED) is 0.826. The molecule has 2 aromatic rings. The van der Waals surface area contributed by atoms with Crippen LogP contribution in [0, 0.1) is 5.82 Å². The molecule has 0 aliphatic carbocycles. The van der Waals surface area contributed by atoms with E-state index in [9.17, 15) is 9.18 Å². The Morgan fingerprint density at radius 1 is 1.42 bits per heavy atom. The first-order valence-corrected chi connectivity index (χ1v) is 7.92. The fourth-order valence-corrected chi connectivity index (χ4v) is 3.04. The van der Waals surface area contributed by atoms with Crippen molar-refractivity contribution in [3.63, 3.8) is 0 Å². The van der Waals surface area contributed by atoms with Crippen molar-refractivity contribution >= 4 is 17.2 Å². The highest BCUT2D eigenvalue weighted by atomic mass is 19.1. The summed E-state index contributed by atoms with van der Waals surface area (Å²) >= 11 is 0. The normalized spacial score (nSPS) is 17.8. The largest absolute Gasteiger partial charge is 0.397 e. The summed E-state index contributed by atoms with van der Waals surface area (Å²) in [5, 5.41) is 0. The van der Waals surface area contributed by atoms with Crippen molar-refractivity contribution < 1.29 is 9.18 Å². The second kappa shape index (κ2) is 6.92. The molecule has 1 aliphatic rings. The number of nitrogen functional groups attached to an aromatic ring is 1. The number of halogens is 1. The number of nitrogens with two attached hydrogens (primary N) is 2. The fourth-order valence-electron chi connectivity index (χ4n) is 3.04. The first-order valence-electron chi connectivity index (χ1n) is 7.92. The minimum Gasteiger partial charge on any atom is -0.397 e. The molecule has 7 heteroatoms. The predicted octanol–water partition coefficient (Wildman–Crippen LogP) is 1.55. The highest BCUT2D eigenvalue weighted by Gasteiger charge is 2.21. The number of rotatable bonds is 4. The molecule has 0 amide bonds. The Kier molecular flexibility index (Phi) is 4.71. The fraction of sp³-hybridized carbons (Fsp3) is 0.353. The van der Waals surface area contributed by atoms with Gasteiger partial charge in [0.25, 0.3) is 0 Å². The van der Waals surface area contributed by atoms with E-state index in [0.717, 1.165) is 49.4 Å². The van der Waals surface area contributed by atoms with Crippen LogP contribution in [0.3, 0.4) is 0 Å². The van der Waals surface area contributed by atoms with Crippen LogP contribution in [0.1, 0.15) is 28.9 Å². The van der Waals surface area contributed by atoms with Gasteiger partial charge in [-0.25, -0.2) is 9.37 Å². The van der Waals surface area contributed by atoms with Gasteiger partial charge in [0.05, 0.1) is 11.9 Å². The second-order valence-electron chi connectivity index (χ2n) is 6.04. The molecule has 1 saturated heterocycles. The lowest BCUT2D eigenvalue weighted by atomic mass is 10.0. The number of ketones is 1. The molecule has 1 atom stereocenters. The van der Waals surface area contributed by atoms with Gasteiger partial charge in [-0.05, 0) is 18.9 Å². The summed E-state index contributed by atoms with van der Waals surface area (Å²) in [4.78, 5) is 22.6. The SMILES string of the molecule is Nc1cc(F)cnc1C(=O)Cc1cnccc1N1CCC[C@H](N)C1. The summed E-state index contributed by atoms with van der Waals surface area (Å²) in [5.74, 6) is -0.823. The van der Waals surface area contributed by atoms with Crippen molar-refractivity contribution in [1.82, 2.24) is 9.97 Å². The molecule has 0 spiro atoms. The highest BCUT2D eigenvalue weighted by Crippen LogP contribution is 2.25. The van der Waals surface area contributed by atoms with Crippen molar-refractivity contribution in [3.05, 3.63) is 47.8 Å². The molecule has 4 N–H and O–H groups in total. The average Bonchev–Trinajstić information content (AvgIpc) is 2.55. The Bertz CT molecular complexity index is 752. The van der Waals surface area contributed by atoms with Crippen molar-refractivity contribution in [2.24, 2.45) is 5.73 Å². The number of carbonyl (C=O) groups is 1. The van der Waals surface area contributed by atoms with Gasteiger partial charge in [-0.1, -0.05) is 0 Å². The van der Waals surface area contributed by atoms with Crippen LogP contribution in [0.15, 0.2) is 30.7 Å². The Morgan fingerprint density at radius 3 is 3.00 bits per heavy atom. The van der Waals surface area contributed by atoms with Gasteiger partial charge in [0, 0.05) is 55.3 Å². The van der Waals surface area contributed by atoms with Crippen LogP contribution in [0.4, 0.5) is 15.8 Å². The number of piperidine rings is 1. The summed E-state index contributed by atoms with van der Waals surface area (Å²) in [5.41, 5.74) is 13.6. The van der Waals surface area contributed by atoms with E-state index >= 15 is 0 Å². The van der Waals surface area contributed by atoms with Gasteiger partial charge in [-0.2, -0.15) is 0 Å². The van der Waals surface area contributed by atoms with Gasteiger partial charge >= 0.3 is 0 Å². The van der Waals surface area contributed by atoms with E-state index in [2.05, 4.69) is 14.9 Å². The van der Waals surface area contributed by atoms with Crippen molar-refractivity contribution in [2.75, 3.05) is 23.7 Å². The summed E-state index contributed by atoms with van der Waals surface area (Å²) in [7, 11) is 0.